The molecule has 1 rings (SSSR count). The first-order valence-electron chi connectivity index (χ1n) is 6.04. The van der Waals surface area contributed by atoms with E-state index in [1.54, 1.807) is 23.9 Å². The van der Waals surface area contributed by atoms with Crippen LogP contribution in [-0.4, -0.2) is 30.5 Å². The van der Waals surface area contributed by atoms with Gasteiger partial charge in [-0.05, 0) is 37.0 Å². The number of para-hydroxylation sites is 1. The van der Waals surface area contributed by atoms with Gasteiger partial charge in [-0.2, -0.15) is 24.9 Å². The van der Waals surface area contributed by atoms with E-state index >= 15 is 0 Å². The van der Waals surface area contributed by atoms with E-state index in [1.165, 1.54) is 0 Å². The van der Waals surface area contributed by atoms with Crippen molar-refractivity contribution in [2.24, 2.45) is 0 Å². The Kier molecular flexibility index (Phi) is 7.53. The Morgan fingerprint density at radius 2 is 1.89 bits per heavy atom. The normalized spacial score (nSPS) is 11.6. The van der Waals surface area contributed by atoms with Crippen LogP contribution in [-0.2, 0) is 0 Å². The first-order chi connectivity index (χ1) is 9.03. The lowest BCUT2D eigenvalue weighted by molar-refractivity contribution is -0.105. The van der Waals surface area contributed by atoms with E-state index in [0.717, 1.165) is 42.6 Å². The molecule has 19 heavy (non-hydrogen) atoms. The van der Waals surface area contributed by atoms with Gasteiger partial charge in [0.25, 0.3) is 0 Å². The minimum atomic E-state index is -4.13. The average molecular weight is 309 g/mol. The number of anilines is 1. The summed E-state index contributed by atoms with van der Waals surface area (Å²) in [6.07, 6.45) is 0.0811. The van der Waals surface area contributed by atoms with Crippen LogP contribution < -0.4 is 5.32 Å². The van der Waals surface area contributed by atoms with E-state index in [2.05, 4.69) is 11.6 Å². The molecule has 0 aliphatic rings. The monoisotopic (exact) mass is 309 g/mol. The summed E-state index contributed by atoms with van der Waals surface area (Å²) in [5.41, 5.74) is 0.793. The van der Waals surface area contributed by atoms with Crippen molar-refractivity contribution >= 4 is 29.2 Å². The number of thioether (sulfide) groups is 2. The van der Waals surface area contributed by atoms with Crippen LogP contribution in [0.5, 0.6) is 0 Å². The van der Waals surface area contributed by atoms with Crippen molar-refractivity contribution in [1.29, 1.82) is 0 Å². The van der Waals surface area contributed by atoms with E-state index in [-0.39, 0.29) is 0 Å². The van der Waals surface area contributed by atoms with E-state index < -0.39 is 11.9 Å². The molecule has 1 N–H and O–H groups in total. The number of rotatable bonds is 8. The third-order valence-corrected chi connectivity index (χ3v) is 4.20. The van der Waals surface area contributed by atoms with Crippen LogP contribution in [0.15, 0.2) is 29.2 Å². The van der Waals surface area contributed by atoms with Gasteiger partial charge in [0.2, 0.25) is 0 Å². The molecule has 0 bridgehead atoms. The maximum Gasteiger partial charge on any atom is 0.398 e. The molecular weight excluding hydrogens is 291 g/mol. The number of benzene rings is 1. The highest BCUT2D eigenvalue weighted by atomic mass is 32.2. The van der Waals surface area contributed by atoms with Gasteiger partial charge in [-0.3, -0.25) is 0 Å². The Morgan fingerprint density at radius 1 is 1.16 bits per heavy atom. The molecule has 6 heteroatoms. The fourth-order valence-corrected chi connectivity index (χ4v) is 2.78. The smallest absolute Gasteiger partial charge is 0.384 e. The SMILES string of the molecule is CSCCCCNc1ccccc1SCC(F)(F)F. The quantitative estimate of drug-likeness (QED) is 0.542. The van der Waals surface area contributed by atoms with Crippen LogP contribution in [0.2, 0.25) is 0 Å². The summed E-state index contributed by atoms with van der Waals surface area (Å²) in [5, 5.41) is 3.21. The molecule has 1 aromatic rings. The van der Waals surface area contributed by atoms with Crippen LogP contribution in [0, 0.1) is 0 Å². The van der Waals surface area contributed by atoms with E-state index in [4.69, 9.17) is 0 Å². The van der Waals surface area contributed by atoms with Gasteiger partial charge in [0.15, 0.2) is 0 Å². The molecule has 0 spiro atoms. The minimum absolute atomic E-state index is 0.657. The van der Waals surface area contributed by atoms with Crippen molar-refractivity contribution in [3.8, 4) is 0 Å². The van der Waals surface area contributed by atoms with Gasteiger partial charge in [-0.25, -0.2) is 0 Å². The molecular formula is C13H18F3NS2. The zero-order valence-corrected chi connectivity index (χ0v) is 12.4. The van der Waals surface area contributed by atoms with Crippen LogP contribution >= 0.6 is 23.5 Å². The number of nitrogens with one attached hydrogen (secondary N) is 1. The lowest BCUT2D eigenvalue weighted by atomic mass is 10.3. The molecule has 0 aromatic heterocycles. The van der Waals surface area contributed by atoms with Crippen molar-refractivity contribution in [1.82, 2.24) is 0 Å². The summed E-state index contributed by atoms with van der Waals surface area (Å²) in [4.78, 5) is 0.657. The zero-order valence-electron chi connectivity index (χ0n) is 10.8. The molecule has 0 heterocycles. The highest BCUT2D eigenvalue weighted by Gasteiger charge is 2.27. The number of alkyl halides is 3. The van der Waals surface area contributed by atoms with Crippen molar-refractivity contribution in [2.75, 3.05) is 29.6 Å². The molecule has 0 aliphatic heterocycles. The number of unbranched alkanes of at least 4 members (excludes halogenated alkanes) is 1. The number of hydrogen-bond acceptors (Lipinski definition) is 3. The topological polar surface area (TPSA) is 12.0 Å². The molecule has 0 atom stereocenters. The van der Waals surface area contributed by atoms with E-state index in [0.29, 0.717) is 4.90 Å². The molecule has 0 saturated carbocycles. The van der Waals surface area contributed by atoms with Crippen LogP contribution in [0.25, 0.3) is 0 Å². The number of halogens is 3. The fourth-order valence-electron chi connectivity index (χ4n) is 1.49. The van der Waals surface area contributed by atoms with Gasteiger partial charge >= 0.3 is 6.18 Å². The van der Waals surface area contributed by atoms with Crippen LogP contribution in [0.1, 0.15) is 12.8 Å². The van der Waals surface area contributed by atoms with Crippen molar-refractivity contribution in [3.63, 3.8) is 0 Å². The second kappa shape index (κ2) is 8.64. The van der Waals surface area contributed by atoms with Crippen molar-refractivity contribution < 1.29 is 13.2 Å². The predicted molar refractivity (Wildman–Crippen MR) is 79.3 cm³/mol. The maximum atomic E-state index is 12.2. The first kappa shape index (κ1) is 16.6. The summed E-state index contributed by atoms with van der Waals surface area (Å²) in [6.45, 7) is 0.796. The molecule has 0 amide bonds. The third-order valence-electron chi connectivity index (χ3n) is 2.37. The lowest BCUT2D eigenvalue weighted by Gasteiger charge is -2.12. The van der Waals surface area contributed by atoms with Gasteiger partial charge in [-0.15, -0.1) is 11.8 Å². The standard InChI is InChI=1S/C13H18F3NS2/c1-18-9-5-4-8-17-11-6-2-3-7-12(11)19-10-13(14,15)16/h2-3,6-7,17H,4-5,8-10H2,1H3. The maximum absolute atomic E-state index is 12.2. The molecule has 1 nitrogen and oxygen atoms in total. The second-order valence-corrected chi connectivity index (χ2v) is 6.03. The van der Waals surface area contributed by atoms with Gasteiger partial charge in [-0.1, -0.05) is 12.1 Å². The summed E-state index contributed by atoms with van der Waals surface area (Å²) >= 11 is 2.64. The first-order valence-corrected chi connectivity index (χ1v) is 8.42. The van der Waals surface area contributed by atoms with Crippen LogP contribution in [0.4, 0.5) is 18.9 Å². The molecule has 0 radical (unpaired) electrons. The van der Waals surface area contributed by atoms with Crippen molar-refractivity contribution in [2.45, 2.75) is 23.9 Å². The summed E-state index contributed by atoms with van der Waals surface area (Å²) in [7, 11) is 0. The molecule has 0 aliphatic carbocycles. The van der Waals surface area contributed by atoms with E-state index in [1.807, 2.05) is 12.1 Å². The summed E-state index contributed by atoms with van der Waals surface area (Å²) in [5.74, 6) is 0.268. The highest BCUT2D eigenvalue weighted by molar-refractivity contribution is 7.99. The molecule has 0 unspecified atom stereocenters. The Hall–Kier alpha value is -0.490. The second-order valence-electron chi connectivity index (χ2n) is 4.03. The van der Waals surface area contributed by atoms with Gasteiger partial charge in [0, 0.05) is 17.1 Å². The predicted octanol–water partition coefficient (Wildman–Crippen LogP) is 4.90. The Labute approximate surface area is 120 Å². The average Bonchev–Trinajstić information content (AvgIpc) is 2.36. The van der Waals surface area contributed by atoms with Gasteiger partial charge in [0.1, 0.15) is 0 Å². The highest BCUT2D eigenvalue weighted by Crippen LogP contribution is 2.32. The van der Waals surface area contributed by atoms with Gasteiger partial charge < -0.3 is 5.32 Å². The minimum Gasteiger partial charge on any atom is -0.384 e. The van der Waals surface area contributed by atoms with Crippen molar-refractivity contribution in [3.05, 3.63) is 24.3 Å². The number of hydrogen-bond donors (Lipinski definition) is 1. The Balaban J connectivity index is 2.44. The van der Waals surface area contributed by atoms with E-state index in [9.17, 15) is 13.2 Å². The molecule has 0 fully saturated rings. The Bertz CT molecular complexity index is 369. The molecule has 0 saturated heterocycles. The lowest BCUT2D eigenvalue weighted by Crippen LogP contribution is -2.11. The largest absolute Gasteiger partial charge is 0.398 e. The zero-order chi connectivity index (χ0) is 14.1. The molecule has 1 aromatic carbocycles. The van der Waals surface area contributed by atoms with Crippen LogP contribution in [0.3, 0.4) is 0 Å². The summed E-state index contributed by atoms with van der Waals surface area (Å²) in [6, 6.07) is 7.15. The fraction of sp³-hybridized carbons (Fsp3) is 0.538. The Morgan fingerprint density at radius 3 is 2.58 bits per heavy atom. The molecule has 108 valence electrons. The third kappa shape index (κ3) is 7.62. The van der Waals surface area contributed by atoms with Gasteiger partial charge in [0.05, 0.1) is 5.75 Å². The summed E-state index contributed by atoms with van der Waals surface area (Å²) < 4.78 is 36.7.